The highest BCUT2D eigenvalue weighted by Gasteiger charge is 2.14. The van der Waals surface area contributed by atoms with Gasteiger partial charge in [-0.3, -0.25) is 0 Å². The van der Waals surface area contributed by atoms with Gasteiger partial charge in [0.25, 0.3) is 0 Å². The Bertz CT molecular complexity index is 330. The van der Waals surface area contributed by atoms with Gasteiger partial charge in [-0.1, -0.05) is 0 Å². The van der Waals surface area contributed by atoms with Crippen molar-refractivity contribution in [2.24, 2.45) is 0 Å². The number of hydrogen-bond acceptors (Lipinski definition) is 3. The first-order chi connectivity index (χ1) is 6.99. The van der Waals surface area contributed by atoms with Crippen LogP contribution in [-0.2, 0) is 0 Å². The summed E-state index contributed by atoms with van der Waals surface area (Å²) in [6.07, 6.45) is 0. The summed E-state index contributed by atoms with van der Waals surface area (Å²) >= 11 is 0. The molecule has 0 aliphatic rings. The molecule has 0 radical (unpaired) electrons. The zero-order valence-corrected chi connectivity index (χ0v) is 7.16. The van der Waals surface area contributed by atoms with Crippen LogP contribution < -0.4 is 9.47 Å². The second kappa shape index (κ2) is 4.72. The number of phenolic OH excluding ortho intramolecular Hbond substituents is 1. The fraction of sp³-hybridized carbons (Fsp3) is 0.250. The molecule has 0 spiro atoms. The Balaban J connectivity index is 2.92. The lowest BCUT2D eigenvalue weighted by atomic mass is 10.3. The zero-order valence-electron chi connectivity index (χ0n) is 7.16. The average molecular weight is 226 g/mol. The maximum atomic E-state index is 11.8. The zero-order chi connectivity index (χ0) is 11.4. The summed E-state index contributed by atoms with van der Waals surface area (Å²) in [5.41, 5.74) is 0. The number of phenols is 1. The molecule has 0 heterocycles. The first-order valence-corrected chi connectivity index (χ1v) is 3.71. The Hall–Kier alpha value is -1.66. The van der Waals surface area contributed by atoms with Crippen LogP contribution in [-0.4, -0.2) is 18.3 Å². The van der Waals surface area contributed by atoms with E-state index in [2.05, 4.69) is 9.47 Å². The molecule has 0 saturated heterocycles. The third-order valence-electron chi connectivity index (χ3n) is 1.36. The van der Waals surface area contributed by atoms with Crippen molar-refractivity contribution >= 4 is 0 Å². The standard InChI is InChI=1S/C8H6F4O3/c9-7(10)14-5-2-1-4(13)3-6(5)15-8(11)12/h1-3,7-8,13H. The van der Waals surface area contributed by atoms with Crippen molar-refractivity contribution < 1.29 is 32.1 Å². The summed E-state index contributed by atoms with van der Waals surface area (Å²) in [5, 5.41) is 8.92. The number of alkyl halides is 4. The van der Waals surface area contributed by atoms with Gasteiger partial charge in [-0.25, -0.2) is 0 Å². The summed E-state index contributed by atoms with van der Waals surface area (Å²) in [6, 6.07) is 2.67. The van der Waals surface area contributed by atoms with Gasteiger partial charge in [0.2, 0.25) is 0 Å². The topological polar surface area (TPSA) is 38.7 Å². The molecule has 7 heteroatoms. The van der Waals surface area contributed by atoms with Crippen molar-refractivity contribution in [2.75, 3.05) is 0 Å². The number of benzene rings is 1. The normalized spacial score (nSPS) is 10.8. The van der Waals surface area contributed by atoms with Crippen LogP contribution in [0.25, 0.3) is 0 Å². The maximum absolute atomic E-state index is 11.8. The summed E-state index contributed by atoms with van der Waals surface area (Å²) in [7, 11) is 0. The molecule has 1 aromatic rings. The SMILES string of the molecule is Oc1ccc(OC(F)F)c(OC(F)F)c1. The van der Waals surface area contributed by atoms with Crippen LogP contribution in [0.4, 0.5) is 17.6 Å². The van der Waals surface area contributed by atoms with Crippen molar-refractivity contribution in [1.82, 2.24) is 0 Å². The molecule has 0 aliphatic heterocycles. The van der Waals surface area contributed by atoms with Crippen LogP contribution in [0.5, 0.6) is 17.2 Å². The first-order valence-electron chi connectivity index (χ1n) is 3.71. The predicted octanol–water partition coefficient (Wildman–Crippen LogP) is 2.60. The van der Waals surface area contributed by atoms with Crippen molar-refractivity contribution in [3.8, 4) is 17.2 Å². The van der Waals surface area contributed by atoms with Gasteiger partial charge in [0, 0.05) is 6.07 Å². The third kappa shape index (κ3) is 3.53. The minimum atomic E-state index is -3.19. The van der Waals surface area contributed by atoms with Crippen molar-refractivity contribution in [3.05, 3.63) is 18.2 Å². The molecular formula is C8H6F4O3. The molecule has 1 N–H and O–H groups in total. The van der Waals surface area contributed by atoms with E-state index in [1.807, 2.05) is 0 Å². The first kappa shape index (κ1) is 11.4. The van der Waals surface area contributed by atoms with E-state index in [1.54, 1.807) is 0 Å². The summed E-state index contributed by atoms with van der Waals surface area (Å²) in [4.78, 5) is 0. The molecule has 15 heavy (non-hydrogen) atoms. The van der Waals surface area contributed by atoms with Crippen molar-refractivity contribution in [1.29, 1.82) is 0 Å². The summed E-state index contributed by atoms with van der Waals surface area (Å²) in [5.74, 6) is -1.61. The predicted molar refractivity (Wildman–Crippen MR) is 41.4 cm³/mol. The van der Waals surface area contributed by atoms with Crippen LogP contribution in [0.1, 0.15) is 0 Å². The Kier molecular flexibility index (Phi) is 3.59. The second-order valence-electron chi connectivity index (χ2n) is 2.39. The van der Waals surface area contributed by atoms with Gasteiger partial charge < -0.3 is 14.6 Å². The molecule has 3 nitrogen and oxygen atoms in total. The Labute approximate surface area is 81.8 Å². The highest BCUT2D eigenvalue weighted by atomic mass is 19.3. The fourth-order valence-electron chi connectivity index (χ4n) is 0.878. The lowest BCUT2D eigenvalue weighted by Crippen LogP contribution is -2.07. The van der Waals surface area contributed by atoms with Gasteiger partial charge in [0.05, 0.1) is 0 Å². The minimum absolute atomic E-state index is 0.396. The summed E-state index contributed by atoms with van der Waals surface area (Å²) in [6.45, 7) is -6.35. The number of halogens is 4. The van der Waals surface area contributed by atoms with Gasteiger partial charge >= 0.3 is 13.2 Å². The van der Waals surface area contributed by atoms with E-state index in [0.717, 1.165) is 18.2 Å². The molecule has 0 aromatic heterocycles. The monoisotopic (exact) mass is 226 g/mol. The van der Waals surface area contributed by atoms with Gasteiger partial charge in [0.15, 0.2) is 11.5 Å². The molecule has 0 unspecified atom stereocenters. The Morgan fingerprint density at radius 1 is 0.933 bits per heavy atom. The quantitative estimate of drug-likeness (QED) is 0.802. The minimum Gasteiger partial charge on any atom is -0.508 e. The van der Waals surface area contributed by atoms with E-state index in [0.29, 0.717) is 0 Å². The maximum Gasteiger partial charge on any atom is 0.387 e. The number of hydrogen-bond donors (Lipinski definition) is 1. The molecule has 0 atom stereocenters. The van der Waals surface area contributed by atoms with E-state index in [4.69, 9.17) is 5.11 Å². The molecule has 0 fully saturated rings. The third-order valence-corrected chi connectivity index (χ3v) is 1.36. The van der Waals surface area contributed by atoms with Crippen LogP contribution in [0.3, 0.4) is 0 Å². The largest absolute Gasteiger partial charge is 0.508 e. The second-order valence-corrected chi connectivity index (χ2v) is 2.39. The molecular weight excluding hydrogens is 220 g/mol. The lowest BCUT2D eigenvalue weighted by molar-refractivity contribution is -0.0693. The smallest absolute Gasteiger partial charge is 0.387 e. The number of aromatic hydroxyl groups is 1. The molecule has 0 bridgehead atoms. The van der Waals surface area contributed by atoms with E-state index >= 15 is 0 Å². The van der Waals surface area contributed by atoms with Crippen molar-refractivity contribution in [2.45, 2.75) is 13.2 Å². The van der Waals surface area contributed by atoms with E-state index < -0.39 is 30.5 Å². The molecule has 1 aromatic carbocycles. The van der Waals surface area contributed by atoms with Crippen LogP contribution >= 0.6 is 0 Å². The Morgan fingerprint density at radius 3 is 2.00 bits per heavy atom. The molecule has 0 amide bonds. The van der Waals surface area contributed by atoms with Crippen molar-refractivity contribution in [3.63, 3.8) is 0 Å². The summed E-state index contributed by atoms with van der Waals surface area (Å²) < 4.78 is 55.0. The van der Waals surface area contributed by atoms with E-state index in [9.17, 15) is 17.6 Å². The number of ether oxygens (including phenoxy) is 2. The Morgan fingerprint density at radius 2 is 1.47 bits per heavy atom. The average Bonchev–Trinajstić information content (AvgIpc) is 2.08. The lowest BCUT2D eigenvalue weighted by Gasteiger charge is -2.11. The highest BCUT2D eigenvalue weighted by molar-refractivity contribution is 5.45. The van der Waals surface area contributed by atoms with Gasteiger partial charge in [-0.15, -0.1) is 0 Å². The molecule has 0 aliphatic carbocycles. The molecule has 84 valence electrons. The van der Waals surface area contributed by atoms with Gasteiger partial charge in [-0.05, 0) is 12.1 Å². The van der Waals surface area contributed by atoms with E-state index in [1.165, 1.54) is 0 Å². The highest BCUT2D eigenvalue weighted by Crippen LogP contribution is 2.33. The van der Waals surface area contributed by atoms with Crippen LogP contribution in [0, 0.1) is 0 Å². The molecule has 1 rings (SSSR count). The van der Waals surface area contributed by atoms with Gasteiger partial charge in [0.1, 0.15) is 5.75 Å². The van der Waals surface area contributed by atoms with Crippen LogP contribution in [0.15, 0.2) is 18.2 Å². The molecule has 0 saturated carbocycles. The van der Waals surface area contributed by atoms with E-state index in [-0.39, 0.29) is 0 Å². The number of rotatable bonds is 4. The fourth-order valence-corrected chi connectivity index (χ4v) is 0.878. The van der Waals surface area contributed by atoms with Gasteiger partial charge in [-0.2, -0.15) is 17.6 Å². The van der Waals surface area contributed by atoms with Crippen LogP contribution in [0.2, 0.25) is 0 Å².